The van der Waals surface area contributed by atoms with Gasteiger partial charge in [0, 0.05) is 32.0 Å². The second kappa shape index (κ2) is 6.76. The van der Waals surface area contributed by atoms with Gasteiger partial charge in [-0.15, -0.1) is 13.2 Å². The van der Waals surface area contributed by atoms with Crippen molar-refractivity contribution in [2.75, 3.05) is 7.11 Å². The molecule has 0 amide bonds. The quantitative estimate of drug-likeness (QED) is 0.603. The Labute approximate surface area is 150 Å². The van der Waals surface area contributed by atoms with Crippen LogP contribution < -0.4 is 4.74 Å². The minimum atomic E-state index is -4.83. The Kier molecular flexibility index (Phi) is 4.77. The van der Waals surface area contributed by atoms with E-state index in [4.69, 9.17) is 4.74 Å². The fraction of sp³-hybridized carbons (Fsp3) is 0.294. The van der Waals surface area contributed by atoms with Crippen LogP contribution in [0.25, 0.3) is 16.8 Å². The number of hydrogen-bond acceptors (Lipinski definition) is 4. The largest absolute Gasteiger partial charge is 0.573 e. The van der Waals surface area contributed by atoms with Crippen LogP contribution >= 0.6 is 0 Å². The van der Waals surface area contributed by atoms with E-state index in [0.29, 0.717) is 23.6 Å². The molecule has 1 aromatic carbocycles. The molecule has 0 saturated carbocycles. The van der Waals surface area contributed by atoms with Gasteiger partial charge in [-0.2, -0.15) is 8.78 Å². The summed E-state index contributed by atoms with van der Waals surface area (Å²) in [5, 5.41) is 0. The number of alkyl halides is 5. The number of nitrogens with zero attached hydrogens (tertiary/aromatic N) is 3. The van der Waals surface area contributed by atoms with Gasteiger partial charge in [-0.1, -0.05) is 6.07 Å². The third kappa shape index (κ3) is 4.16. The molecule has 0 saturated heterocycles. The molecule has 0 N–H and O–H groups in total. The molecule has 0 aliphatic heterocycles. The van der Waals surface area contributed by atoms with Crippen LogP contribution in [0, 0.1) is 0 Å². The van der Waals surface area contributed by atoms with E-state index in [1.54, 1.807) is 0 Å². The van der Waals surface area contributed by atoms with E-state index < -0.39 is 23.9 Å². The van der Waals surface area contributed by atoms with Gasteiger partial charge in [0.1, 0.15) is 5.75 Å². The minimum absolute atomic E-state index is 0.0108. The molecule has 10 heteroatoms. The Balaban J connectivity index is 2.09. The smallest absolute Gasteiger partial charge is 0.406 e. The summed E-state index contributed by atoms with van der Waals surface area (Å²) < 4.78 is 74.8. The number of fused-ring (bicyclic) bond motifs is 1. The fourth-order valence-electron chi connectivity index (χ4n) is 2.67. The van der Waals surface area contributed by atoms with Crippen molar-refractivity contribution in [3.63, 3.8) is 0 Å². The van der Waals surface area contributed by atoms with Crippen molar-refractivity contribution in [1.29, 1.82) is 0 Å². The Bertz CT molecular complexity index is 963. The van der Waals surface area contributed by atoms with Gasteiger partial charge < -0.3 is 9.47 Å². The summed E-state index contributed by atoms with van der Waals surface area (Å²) in [6, 6.07) is 3.70. The molecule has 2 aromatic heterocycles. The van der Waals surface area contributed by atoms with Crippen LogP contribution in [0.4, 0.5) is 22.0 Å². The highest BCUT2D eigenvalue weighted by atomic mass is 19.4. The molecule has 27 heavy (non-hydrogen) atoms. The maximum absolute atomic E-state index is 13.7. The van der Waals surface area contributed by atoms with Crippen molar-refractivity contribution in [3.05, 3.63) is 48.2 Å². The zero-order chi connectivity index (χ0) is 19.8. The topological polar surface area (TPSA) is 48.7 Å². The molecule has 2 heterocycles. The van der Waals surface area contributed by atoms with E-state index in [1.807, 2.05) is 0 Å². The van der Waals surface area contributed by atoms with Gasteiger partial charge in [-0.25, -0.2) is 9.97 Å². The molecular formula is C17H14F5N3O2. The van der Waals surface area contributed by atoms with Gasteiger partial charge in [0.25, 0.3) is 0 Å². The summed E-state index contributed by atoms with van der Waals surface area (Å²) in [6.45, 7) is 0.706. The number of methoxy groups -OCH3 is 1. The van der Waals surface area contributed by atoms with Crippen molar-refractivity contribution < 1.29 is 31.4 Å². The average Bonchev–Trinajstić information content (AvgIpc) is 2.97. The Morgan fingerprint density at radius 1 is 1.07 bits per heavy atom. The van der Waals surface area contributed by atoms with Crippen molar-refractivity contribution in [2.45, 2.75) is 25.8 Å². The number of rotatable bonds is 5. The highest BCUT2D eigenvalue weighted by Gasteiger charge is 2.32. The van der Waals surface area contributed by atoms with Crippen LogP contribution in [-0.2, 0) is 17.3 Å². The van der Waals surface area contributed by atoms with Crippen LogP contribution in [0.1, 0.15) is 18.3 Å². The molecule has 5 nitrogen and oxygen atoms in total. The van der Waals surface area contributed by atoms with E-state index in [0.717, 1.165) is 10.5 Å². The van der Waals surface area contributed by atoms with E-state index in [9.17, 15) is 22.0 Å². The van der Waals surface area contributed by atoms with Gasteiger partial charge >= 0.3 is 12.3 Å². The first-order valence-electron chi connectivity index (χ1n) is 7.68. The van der Waals surface area contributed by atoms with Crippen molar-refractivity contribution in [2.24, 2.45) is 0 Å². The minimum Gasteiger partial charge on any atom is -0.406 e. The number of hydrogen-bond donors (Lipinski definition) is 0. The normalized spacial score (nSPS) is 12.6. The molecule has 0 unspecified atom stereocenters. The summed E-state index contributed by atoms with van der Waals surface area (Å²) in [4.78, 5) is 7.79. The van der Waals surface area contributed by atoms with E-state index >= 15 is 0 Å². The van der Waals surface area contributed by atoms with Crippen molar-refractivity contribution in [3.8, 4) is 16.9 Å². The van der Waals surface area contributed by atoms with Crippen LogP contribution in [0.15, 0.2) is 36.8 Å². The van der Waals surface area contributed by atoms with E-state index in [2.05, 4.69) is 14.7 Å². The van der Waals surface area contributed by atoms with Crippen LogP contribution in [-0.4, -0.2) is 27.8 Å². The van der Waals surface area contributed by atoms with Gasteiger partial charge in [0.05, 0.1) is 12.8 Å². The summed E-state index contributed by atoms with van der Waals surface area (Å²) >= 11 is 0. The fourth-order valence-corrected chi connectivity index (χ4v) is 2.67. The molecule has 3 rings (SSSR count). The summed E-state index contributed by atoms with van der Waals surface area (Å²) in [7, 11) is 1.38. The standard InChI is InChI=1S/C17H14F5N3O2/c1-16(18,19)15-24-7-14-23-6-11(8-25(14)15)13-4-3-12(27-17(20,21)22)5-10(13)9-26-2/h3-8H,9H2,1-2H3. The highest BCUT2D eigenvalue weighted by Crippen LogP contribution is 2.32. The van der Waals surface area contributed by atoms with E-state index in [-0.39, 0.29) is 12.3 Å². The molecule has 0 bridgehead atoms. The monoisotopic (exact) mass is 387 g/mol. The number of ether oxygens (including phenoxy) is 2. The number of aromatic nitrogens is 3. The number of halogens is 5. The Morgan fingerprint density at radius 3 is 2.44 bits per heavy atom. The highest BCUT2D eigenvalue weighted by molar-refractivity contribution is 5.68. The van der Waals surface area contributed by atoms with Gasteiger partial charge in [-0.05, 0) is 23.3 Å². The first-order valence-corrected chi connectivity index (χ1v) is 7.68. The summed E-state index contributed by atoms with van der Waals surface area (Å²) in [6.07, 6.45) is -0.786. The number of benzene rings is 1. The SMILES string of the molecule is COCc1cc(OC(F)(F)F)ccc1-c1cnc2cnc(C(C)(F)F)n2c1. The third-order valence-corrected chi connectivity index (χ3v) is 3.70. The lowest BCUT2D eigenvalue weighted by Crippen LogP contribution is -2.17. The summed E-state index contributed by atoms with van der Waals surface area (Å²) in [5.74, 6) is -4.08. The molecule has 0 spiro atoms. The Morgan fingerprint density at radius 2 is 1.81 bits per heavy atom. The van der Waals surface area contributed by atoms with Crippen LogP contribution in [0.3, 0.4) is 0 Å². The molecular weight excluding hydrogens is 373 g/mol. The lowest BCUT2D eigenvalue weighted by atomic mass is 10.0. The molecule has 0 fully saturated rings. The second-order valence-electron chi connectivity index (χ2n) is 5.84. The van der Waals surface area contributed by atoms with Crippen LogP contribution in [0.2, 0.25) is 0 Å². The first kappa shape index (κ1) is 19.0. The summed E-state index contributed by atoms with van der Waals surface area (Å²) in [5.41, 5.74) is 1.49. The first-order chi connectivity index (χ1) is 12.6. The van der Waals surface area contributed by atoms with Gasteiger partial charge in [0.15, 0.2) is 11.5 Å². The predicted octanol–water partition coefficient (Wildman–Crippen LogP) is 4.55. The lowest BCUT2D eigenvalue weighted by Gasteiger charge is -2.14. The maximum Gasteiger partial charge on any atom is 0.573 e. The zero-order valence-corrected chi connectivity index (χ0v) is 14.2. The second-order valence-corrected chi connectivity index (χ2v) is 5.84. The van der Waals surface area contributed by atoms with Gasteiger partial charge in [-0.3, -0.25) is 4.40 Å². The predicted molar refractivity (Wildman–Crippen MR) is 85.4 cm³/mol. The Hall–Kier alpha value is -2.75. The third-order valence-electron chi connectivity index (χ3n) is 3.70. The molecule has 144 valence electrons. The van der Waals surface area contributed by atoms with Crippen molar-refractivity contribution >= 4 is 5.65 Å². The van der Waals surface area contributed by atoms with E-state index in [1.165, 1.54) is 37.8 Å². The average molecular weight is 387 g/mol. The maximum atomic E-state index is 13.7. The van der Waals surface area contributed by atoms with Gasteiger partial charge in [0.2, 0.25) is 0 Å². The van der Waals surface area contributed by atoms with Crippen molar-refractivity contribution in [1.82, 2.24) is 14.4 Å². The molecule has 0 aliphatic carbocycles. The molecule has 3 aromatic rings. The molecule has 0 radical (unpaired) electrons. The molecule has 0 aliphatic rings. The lowest BCUT2D eigenvalue weighted by molar-refractivity contribution is -0.274. The molecule has 0 atom stereocenters. The number of imidazole rings is 1. The zero-order valence-electron chi connectivity index (χ0n) is 14.2. The van der Waals surface area contributed by atoms with Crippen LogP contribution in [0.5, 0.6) is 5.75 Å².